The molecule has 0 amide bonds. The molecule has 0 aliphatic rings. The summed E-state index contributed by atoms with van der Waals surface area (Å²) < 4.78 is 29.7. The number of halogens is 1. The van der Waals surface area contributed by atoms with E-state index in [1.54, 1.807) is 18.2 Å². The summed E-state index contributed by atoms with van der Waals surface area (Å²) in [4.78, 5) is 10.6. The molecule has 0 unspecified atom stereocenters. The summed E-state index contributed by atoms with van der Waals surface area (Å²) in [5.74, 6) is -0.0179. The van der Waals surface area contributed by atoms with E-state index in [1.807, 2.05) is 0 Å². The third-order valence-electron chi connectivity index (χ3n) is 2.11. The van der Waals surface area contributed by atoms with Crippen molar-refractivity contribution >= 4 is 32.1 Å². The highest BCUT2D eigenvalue weighted by Crippen LogP contribution is 2.28. The lowest BCUT2D eigenvalue weighted by atomic mass is 10.4. The number of aldehydes is 1. The van der Waals surface area contributed by atoms with Crippen molar-refractivity contribution in [3.8, 4) is 0 Å². The van der Waals surface area contributed by atoms with E-state index >= 15 is 0 Å². The molecule has 0 atom stereocenters. The van der Waals surface area contributed by atoms with Crippen LogP contribution in [0.4, 0.5) is 0 Å². The van der Waals surface area contributed by atoms with E-state index < -0.39 is 9.84 Å². The summed E-state index contributed by atoms with van der Waals surface area (Å²) in [6.07, 6.45) is 0.457. The van der Waals surface area contributed by atoms with Gasteiger partial charge in [0.2, 0.25) is 14.9 Å². The van der Waals surface area contributed by atoms with Crippen molar-refractivity contribution in [2.24, 2.45) is 0 Å². The predicted octanol–water partition coefficient (Wildman–Crippen LogP) is 2.69. The number of carbonyl (C=O) groups excluding carboxylic acids is 1. The molecule has 1 aromatic heterocycles. The number of furan rings is 1. The van der Waals surface area contributed by atoms with E-state index in [4.69, 9.17) is 4.42 Å². The van der Waals surface area contributed by atoms with Crippen LogP contribution in [0.25, 0.3) is 0 Å². The normalized spacial score (nSPS) is 11.4. The van der Waals surface area contributed by atoms with Crippen molar-refractivity contribution in [1.82, 2.24) is 0 Å². The van der Waals surface area contributed by atoms with Crippen LogP contribution in [-0.2, 0) is 9.84 Å². The number of hydrogen-bond acceptors (Lipinski definition) is 4. The second-order valence-corrected chi connectivity index (χ2v) is 5.91. The largest absolute Gasteiger partial charge is 0.442 e. The molecule has 17 heavy (non-hydrogen) atoms. The Bertz CT molecular complexity index is 658. The van der Waals surface area contributed by atoms with Gasteiger partial charge in [-0.15, -0.1) is 0 Å². The summed E-state index contributed by atoms with van der Waals surface area (Å²) >= 11 is 3.16. The van der Waals surface area contributed by atoms with E-state index in [-0.39, 0.29) is 15.7 Å². The fourth-order valence-corrected chi connectivity index (χ4v) is 3.49. The Labute approximate surface area is 106 Å². The zero-order chi connectivity index (χ0) is 12.5. The van der Waals surface area contributed by atoms with Gasteiger partial charge in [0.05, 0.1) is 4.90 Å². The molecule has 4 nitrogen and oxygen atoms in total. The molecule has 0 radical (unpaired) electrons. The number of sulfone groups is 1. The van der Waals surface area contributed by atoms with Crippen LogP contribution < -0.4 is 0 Å². The number of carbonyl (C=O) groups is 1. The van der Waals surface area contributed by atoms with Crippen LogP contribution in [0.15, 0.2) is 55.3 Å². The first-order valence-corrected chi connectivity index (χ1v) is 6.88. The first-order valence-electron chi connectivity index (χ1n) is 4.60. The third-order valence-corrected chi connectivity index (χ3v) is 4.75. The zero-order valence-corrected chi connectivity index (χ0v) is 10.9. The quantitative estimate of drug-likeness (QED) is 0.817. The molecule has 0 fully saturated rings. The maximum absolute atomic E-state index is 12.1. The second kappa shape index (κ2) is 4.46. The van der Waals surface area contributed by atoms with Gasteiger partial charge in [0.25, 0.3) is 0 Å². The summed E-state index contributed by atoms with van der Waals surface area (Å²) in [5.41, 5.74) is 0. The van der Waals surface area contributed by atoms with Crippen molar-refractivity contribution in [2.45, 2.75) is 9.99 Å². The van der Waals surface area contributed by atoms with Gasteiger partial charge >= 0.3 is 0 Å². The van der Waals surface area contributed by atoms with Crippen LogP contribution in [0, 0.1) is 0 Å². The Morgan fingerprint density at radius 3 is 2.41 bits per heavy atom. The van der Waals surface area contributed by atoms with Gasteiger partial charge in [0, 0.05) is 4.47 Å². The molecule has 2 rings (SSSR count). The van der Waals surface area contributed by atoms with Gasteiger partial charge < -0.3 is 4.42 Å². The van der Waals surface area contributed by atoms with Gasteiger partial charge in [-0.2, -0.15) is 0 Å². The number of rotatable bonds is 3. The minimum atomic E-state index is -3.73. The Balaban J connectivity index is 2.58. The van der Waals surface area contributed by atoms with Gasteiger partial charge in [-0.3, -0.25) is 4.79 Å². The predicted molar refractivity (Wildman–Crippen MR) is 63.7 cm³/mol. The van der Waals surface area contributed by atoms with Crippen LogP contribution in [0.2, 0.25) is 0 Å². The van der Waals surface area contributed by atoms with Crippen LogP contribution in [0.1, 0.15) is 10.6 Å². The zero-order valence-electron chi connectivity index (χ0n) is 8.46. The number of hydrogen-bond donors (Lipinski definition) is 0. The average Bonchev–Trinajstić information content (AvgIpc) is 2.78. The first kappa shape index (κ1) is 12.1. The van der Waals surface area contributed by atoms with Crippen molar-refractivity contribution in [3.05, 3.63) is 46.6 Å². The smallest absolute Gasteiger partial charge is 0.240 e. The van der Waals surface area contributed by atoms with E-state index in [1.165, 1.54) is 18.2 Å². The Morgan fingerprint density at radius 2 is 1.82 bits per heavy atom. The molecule has 1 heterocycles. The van der Waals surface area contributed by atoms with Crippen LogP contribution in [0.3, 0.4) is 0 Å². The first-order chi connectivity index (χ1) is 8.05. The second-order valence-electron chi connectivity index (χ2n) is 3.21. The van der Waals surface area contributed by atoms with Crippen molar-refractivity contribution < 1.29 is 17.6 Å². The third kappa shape index (κ3) is 2.18. The molecule has 0 aliphatic heterocycles. The number of benzene rings is 1. The van der Waals surface area contributed by atoms with E-state index in [0.717, 1.165) is 0 Å². The molecule has 0 bridgehead atoms. The summed E-state index contributed by atoms with van der Waals surface area (Å²) in [5, 5.41) is -0.244. The lowest BCUT2D eigenvalue weighted by Crippen LogP contribution is -2.01. The molecule has 0 spiro atoms. The molecule has 0 N–H and O–H groups in total. The molecule has 0 saturated carbocycles. The molecular weight excluding hydrogens is 308 g/mol. The molecular formula is C11H7BrO4S. The van der Waals surface area contributed by atoms with Gasteiger partial charge in [-0.25, -0.2) is 8.42 Å². The molecule has 1 aromatic carbocycles. The lowest BCUT2D eigenvalue weighted by Gasteiger charge is -2.02. The SMILES string of the molecule is O=Cc1ccc(S(=O)(=O)c2ccccc2Br)o1. The van der Waals surface area contributed by atoms with Crippen LogP contribution in [-0.4, -0.2) is 14.7 Å². The maximum atomic E-state index is 12.1. The average molecular weight is 315 g/mol. The molecule has 2 aromatic rings. The topological polar surface area (TPSA) is 64.3 Å². The summed E-state index contributed by atoms with van der Waals surface area (Å²) in [6, 6.07) is 8.98. The summed E-state index contributed by atoms with van der Waals surface area (Å²) in [7, 11) is -3.73. The molecule has 0 saturated heterocycles. The summed E-state index contributed by atoms with van der Waals surface area (Å²) in [6.45, 7) is 0. The highest BCUT2D eigenvalue weighted by Gasteiger charge is 2.23. The van der Waals surface area contributed by atoms with Crippen LogP contribution >= 0.6 is 15.9 Å². The van der Waals surface area contributed by atoms with Crippen molar-refractivity contribution in [1.29, 1.82) is 0 Å². The van der Waals surface area contributed by atoms with Gasteiger partial charge in [0.15, 0.2) is 12.0 Å². The minimum absolute atomic E-state index is 0.0179. The molecule has 88 valence electrons. The Hall–Kier alpha value is -1.40. The highest BCUT2D eigenvalue weighted by atomic mass is 79.9. The minimum Gasteiger partial charge on any atom is -0.442 e. The fraction of sp³-hybridized carbons (Fsp3) is 0. The standard InChI is InChI=1S/C11H7BrO4S/c12-9-3-1-2-4-10(9)17(14,15)11-6-5-8(7-13)16-11/h1-7H. The van der Waals surface area contributed by atoms with Gasteiger partial charge in [-0.1, -0.05) is 12.1 Å². The van der Waals surface area contributed by atoms with Crippen molar-refractivity contribution in [2.75, 3.05) is 0 Å². The fourth-order valence-electron chi connectivity index (χ4n) is 1.31. The van der Waals surface area contributed by atoms with Gasteiger partial charge in [0.1, 0.15) is 0 Å². The maximum Gasteiger partial charge on any atom is 0.240 e. The Morgan fingerprint density at radius 1 is 1.12 bits per heavy atom. The van der Waals surface area contributed by atoms with E-state index in [2.05, 4.69) is 15.9 Å². The molecule has 0 aliphatic carbocycles. The van der Waals surface area contributed by atoms with Crippen molar-refractivity contribution in [3.63, 3.8) is 0 Å². The molecule has 6 heteroatoms. The lowest BCUT2D eigenvalue weighted by molar-refractivity contribution is 0.109. The van der Waals surface area contributed by atoms with E-state index in [0.29, 0.717) is 10.8 Å². The highest BCUT2D eigenvalue weighted by molar-refractivity contribution is 9.10. The monoisotopic (exact) mass is 314 g/mol. The van der Waals surface area contributed by atoms with E-state index in [9.17, 15) is 13.2 Å². The van der Waals surface area contributed by atoms with Crippen LogP contribution in [0.5, 0.6) is 0 Å². The van der Waals surface area contributed by atoms with Gasteiger partial charge in [-0.05, 0) is 40.2 Å². The Kier molecular flexibility index (Phi) is 3.17.